The van der Waals surface area contributed by atoms with Crippen LogP contribution in [0, 0.1) is 10.1 Å². The molecule has 0 heterocycles. The Labute approximate surface area is 108 Å². The first-order valence-corrected chi connectivity index (χ1v) is 5.38. The van der Waals surface area contributed by atoms with Crippen molar-refractivity contribution in [3.8, 4) is 5.75 Å². The van der Waals surface area contributed by atoms with Crippen molar-refractivity contribution in [2.45, 2.75) is 6.04 Å². The van der Waals surface area contributed by atoms with E-state index >= 15 is 0 Å². The molecule has 0 atom stereocenters. The summed E-state index contributed by atoms with van der Waals surface area (Å²) >= 11 is 0. The van der Waals surface area contributed by atoms with Crippen molar-refractivity contribution < 1.29 is 24.7 Å². The van der Waals surface area contributed by atoms with E-state index in [-0.39, 0.29) is 17.0 Å². The van der Waals surface area contributed by atoms with Gasteiger partial charge < -0.3 is 20.3 Å². The van der Waals surface area contributed by atoms with E-state index in [1.54, 1.807) is 0 Å². The first-order chi connectivity index (χ1) is 9.03. The van der Waals surface area contributed by atoms with Crippen LogP contribution >= 0.6 is 0 Å². The molecule has 1 rings (SSSR count). The van der Waals surface area contributed by atoms with Crippen LogP contribution in [0.4, 0.5) is 5.69 Å². The van der Waals surface area contributed by atoms with E-state index in [0.717, 1.165) is 6.07 Å². The number of nitrogens with zero attached hydrogens (tertiary/aromatic N) is 1. The zero-order chi connectivity index (χ0) is 14.4. The number of benzene rings is 1. The van der Waals surface area contributed by atoms with Gasteiger partial charge in [0.2, 0.25) is 0 Å². The summed E-state index contributed by atoms with van der Waals surface area (Å²) < 4.78 is 4.92. The van der Waals surface area contributed by atoms with Crippen LogP contribution in [0.1, 0.15) is 10.4 Å². The topological polar surface area (TPSA) is 122 Å². The highest BCUT2D eigenvalue weighted by atomic mass is 16.6. The van der Waals surface area contributed by atoms with Gasteiger partial charge in [-0.15, -0.1) is 0 Å². The third-order valence-electron chi connectivity index (χ3n) is 2.42. The smallest absolute Gasteiger partial charge is 0.273 e. The summed E-state index contributed by atoms with van der Waals surface area (Å²) in [5, 5.41) is 30.7. The molecule has 1 aromatic rings. The molecular weight excluding hydrogens is 256 g/mol. The van der Waals surface area contributed by atoms with Gasteiger partial charge in [0.1, 0.15) is 5.75 Å². The largest absolute Gasteiger partial charge is 0.496 e. The Balaban J connectivity index is 2.99. The fourth-order valence-electron chi connectivity index (χ4n) is 1.39. The Morgan fingerprint density at radius 1 is 1.47 bits per heavy atom. The van der Waals surface area contributed by atoms with Crippen LogP contribution in [0.5, 0.6) is 5.75 Å². The summed E-state index contributed by atoms with van der Waals surface area (Å²) in [5.41, 5.74) is -0.116. The van der Waals surface area contributed by atoms with Gasteiger partial charge in [0.25, 0.3) is 11.6 Å². The van der Waals surface area contributed by atoms with Crippen molar-refractivity contribution in [1.29, 1.82) is 0 Å². The second-order valence-corrected chi connectivity index (χ2v) is 3.68. The molecule has 8 heteroatoms. The van der Waals surface area contributed by atoms with E-state index in [0.29, 0.717) is 0 Å². The molecule has 0 saturated heterocycles. The average Bonchev–Trinajstić information content (AvgIpc) is 2.43. The van der Waals surface area contributed by atoms with Crippen molar-refractivity contribution in [3.05, 3.63) is 33.9 Å². The Bertz CT molecular complexity index is 472. The van der Waals surface area contributed by atoms with E-state index in [2.05, 4.69) is 5.32 Å². The number of methoxy groups -OCH3 is 1. The van der Waals surface area contributed by atoms with Gasteiger partial charge in [-0.05, 0) is 6.07 Å². The third-order valence-corrected chi connectivity index (χ3v) is 2.42. The average molecular weight is 270 g/mol. The van der Waals surface area contributed by atoms with Crippen molar-refractivity contribution in [3.63, 3.8) is 0 Å². The SMILES string of the molecule is COc1cc([N+](=O)[O-])ccc1C(=O)NC(CO)CO. The number of hydrogen-bond acceptors (Lipinski definition) is 6. The van der Waals surface area contributed by atoms with Crippen molar-refractivity contribution in [2.75, 3.05) is 20.3 Å². The van der Waals surface area contributed by atoms with Gasteiger partial charge in [0.15, 0.2) is 0 Å². The van der Waals surface area contributed by atoms with Gasteiger partial charge in [0, 0.05) is 6.07 Å². The van der Waals surface area contributed by atoms with E-state index in [1.807, 2.05) is 0 Å². The fourth-order valence-corrected chi connectivity index (χ4v) is 1.39. The van der Waals surface area contributed by atoms with Crippen molar-refractivity contribution in [2.24, 2.45) is 0 Å². The molecule has 0 bridgehead atoms. The Hall–Kier alpha value is -2.19. The fraction of sp³-hybridized carbons (Fsp3) is 0.364. The molecule has 1 aromatic carbocycles. The van der Waals surface area contributed by atoms with Crippen molar-refractivity contribution in [1.82, 2.24) is 5.32 Å². The lowest BCUT2D eigenvalue weighted by atomic mass is 10.1. The number of hydrogen-bond donors (Lipinski definition) is 3. The molecule has 0 aliphatic rings. The molecule has 0 aliphatic carbocycles. The summed E-state index contributed by atoms with van der Waals surface area (Å²) in [7, 11) is 1.28. The van der Waals surface area contributed by atoms with Gasteiger partial charge in [-0.25, -0.2) is 0 Å². The molecule has 104 valence electrons. The molecule has 0 saturated carbocycles. The van der Waals surface area contributed by atoms with Crippen LogP contribution in [0.15, 0.2) is 18.2 Å². The molecule has 3 N–H and O–H groups in total. The molecule has 0 aromatic heterocycles. The molecule has 0 aliphatic heterocycles. The number of carbonyl (C=O) groups excluding carboxylic acids is 1. The lowest BCUT2D eigenvalue weighted by molar-refractivity contribution is -0.384. The molecule has 19 heavy (non-hydrogen) atoms. The first kappa shape index (κ1) is 14.9. The number of non-ortho nitro benzene ring substituents is 1. The zero-order valence-corrected chi connectivity index (χ0v) is 10.2. The Morgan fingerprint density at radius 2 is 2.11 bits per heavy atom. The highest BCUT2D eigenvalue weighted by Gasteiger charge is 2.18. The summed E-state index contributed by atoms with van der Waals surface area (Å²) in [5.74, 6) is -0.554. The van der Waals surface area contributed by atoms with Crippen LogP contribution in [0.3, 0.4) is 0 Å². The van der Waals surface area contributed by atoms with Crippen LogP contribution in [-0.2, 0) is 0 Å². The molecule has 0 fully saturated rings. The summed E-state index contributed by atoms with van der Waals surface area (Å²) in [6, 6.07) is 2.75. The molecule has 1 amide bonds. The zero-order valence-electron chi connectivity index (χ0n) is 10.2. The van der Waals surface area contributed by atoms with Crippen LogP contribution in [0.2, 0.25) is 0 Å². The molecule has 0 radical (unpaired) electrons. The number of nitro benzene ring substituents is 1. The maximum atomic E-state index is 11.9. The predicted molar refractivity (Wildman–Crippen MR) is 65.1 cm³/mol. The highest BCUT2D eigenvalue weighted by Crippen LogP contribution is 2.24. The number of nitrogens with one attached hydrogen (secondary N) is 1. The number of amides is 1. The molecule has 8 nitrogen and oxygen atoms in total. The molecule has 0 unspecified atom stereocenters. The minimum Gasteiger partial charge on any atom is -0.496 e. The number of aliphatic hydroxyl groups excluding tert-OH is 2. The first-order valence-electron chi connectivity index (χ1n) is 5.38. The minimum absolute atomic E-state index is 0.0429. The lowest BCUT2D eigenvalue weighted by Crippen LogP contribution is -2.40. The van der Waals surface area contributed by atoms with Crippen LogP contribution in [-0.4, -0.2) is 47.4 Å². The van der Waals surface area contributed by atoms with Crippen LogP contribution < -0.4 is 10.1 Å². The highest BCUT2D eigenvalue weighted by molar-refractivity contribution is 5.97. The van der Waals surface area contributed by atoms with Gasteiger partial charge in [-0.1, -0.05) is 0 Å². The number of ether oxygens (including phenoxy) is 1. The van der Waals surface area contributed by atoms with E-state index < -0.39 is 30.1 Å². The monoisotopic (exact) mass is 270 g/mol. The minimum atomic E-state index is -0.799. The molecule has 0 spiro atoms. The van der Waals surface area contributed by atoms with Gasteiger partial charge in [-0.2, -0.15) is 0 Å². The van der Waals surface area contributed by atoms with Crippen molar-refractivity contribution >= 4 is 11.6 Å². The predicted octanol–water partition coefficient (Wildman–Crippen LogP) is -0.314. The summed E-state index contributed by atoms with van der Waals surface area (Å²) in [6.45, 7) is -0.838. The second-order valence-electron chi connectivity index (χ2n) is 3.68. The van der Waals surface area contributed by atoms with E-state index in [4.69, 9.17) is 14.9 Å². The maximum Gasteiger partial charge on any atom is 0.273 e. The summed E-state index contributed by atoms with van der Waals surface area (Å²) in [6.07, 6.45) is 0. The standard InChI is InChI=1S/C11H14N2O6/c1-19-10-4-8(13(17)18)2-3-9(10)11(16)12-7(5-14)6-15/h2-4,7,14-15H,5-6H2,1H3,(H,12,16). The van der Waals surface area contributed by atoms with Gasteiger partial charge >= 0.3 is 0 Å². The number of rotatable bonds is 6. The summed E-state index contributed by atoms with van der Waals surface area (Å²) in [4.78, 5) is 21.9. The Morgan fingerprint density at radius 3 is 2.58 bits per heavy atom. The van der Waals surface area contributed by atoms with Crippen LogP contribution in [0.25, 0.3) is 0 Å². The van der Waals surface area contributed by atoms with E-state index in [9.17, 15) is 14.9 Å². The third kappa shape index (κ3) is 3.63. The Kier molecular flexibility index (Phi) is 5.22. The number of carbonyl (C=O) groups is 1. The normalized spacial score (nSPS) is 10.3. The number of aliphatic hydroxyl groups is 2. The van der Waals surface area contributed by atoms with Gasteiger partial charge in [0.05, 0.1) is 42.9 Å². The number of nitro groups is 1. The quantitative estimate of drug-likeness (QED) is 0.481. The lowest BCUT2D eigenvalue weighted by Gasteiger charge is -2.14. The van der Waals surface area contributed by atoms with E-state index in [1.165, 1.54) is 19.2 Å². The van der Waals surface area contributed by atoms with Gasteiger partial charge in [-0.3, -0.25) is 14.9 Å². The molecular formula is C11H14N2O6. The maximum absolute atomic E-state index is 11.9. The second kappa shape index (κ2) is 6.66.